The maximum atomic E-state index is 13.5. The Morgan fingerprint density at radius 3 is 2.24 bits per heavy atom. The van der Waals surface area contributed by atoms with Gasteiger partial charge in [0.1, 0.15) is 11.5 Å². The van der Waals surface area contributed by atoms with Crippen LogP contribution in [-0.2, 0) is 15.1 Å². The number of ether oxygens (including phenoxy) is 2. The highest BCUT2D eigenvalue weighted by atomic mass is 32.1. The Morgan fingerprint density at radius 2 is 1.57 bits per heavy atom. The number of benzene rings is 4. The fraction of sp³-hybridized carbons (Fsp3) is 0.250. The second kappa shape index (κ2) is 13.5. The van der Waals surface area contributed by atoms with Crippen molar-refractivity contribution in [1.82, 2.24) is 10.3 Å². The lowest BCUT2D eigenvalue weighted by molar-refractivity contribution is -0.116. The molecule has 1 aromatic heterocycles. The molecule has 0 radical (unpaired) electrons. The quantitative estimate of drug-likeness (QED) is 0.0920. The Hall–Kier alpha value is -5.86. The molecule has 0 atom stereocenters. The van der Waals surface area contributed by atoms with E-state index in [4.69, 9.17) is 15.9 Å². The average Bonchev–Trinajstić information content (AvgIpc) is 3.67. The van der Waals surface area contributed by atoms with E-state index in [1.54, 1.807) is 18.2 Å². The fourth-order valence-electron chi connectivity index (χ4n) is 6.58. The molecular weight excluding hydrogens is 663 g/mol. The zero-order valence-corrected chi connectivity index (χ0v) is 29.6. The van der Waals surface area contributed by atoms with E-state index in [0.717, 1.165) is 28.0 Å². The van der Waals surface area contributed by atoms with E-state index in [0.29, 0.717) is 75.8 Å². The van der Waals surface area contributed by atoms with Crippen molar-refractivity contribution in [1.29, 1.82) is 0 Å². The number of esters is 1. The van der Waals surface area contributed by atoms with Crippen LogP contribution in [-0.4, -0.2) is 57.5 Å². The first-order valence-electron chi connectivity index (χ1n) is 16.7. The highest BCUT2D eigenvalue weighted by molar-refractivity contribution is 7.19. The number of carbonyl (C=O) groups is 3. The number of nitrogens with zero attached hydrogens (tertiary/aromatic N) is 3. The van der Waals surface area contributed by atoms with E-state index in [2.05, 4.69) is 21.5 Å². The summed E-state index contributed by atoms with van der Waals surface area (Å²) >= 11 is 1.41. The molecule has 258 valence electrons. The van der Waals surface area contributed by atoms with E-state index in [-0.39, 0.29) is 11.8 Å². The molecule has 0 unspecified atom stereocenters. The summed E-state index contributed by atoms with van der Waals surface area (Å²) in [4.78, 5) is 47.8. The van der Waals surface area contributed by atoms with Gasteiger partial charge in [0.05, 0.1) is 15.8 Å². The third-order valence-electron chi connectivity index (χ3n) is 9.23. The summed E-state index contributed by atoms with van der Waals surface area (Å²) in [6, 6.07) is 22.3. The van der Waals surface area contributed by atoms with Crippen molar-refractivity contribution in [2.24, 2.45) is 0 Å². The van der Waals surface area contributed by atoms with Gasteiger partial charge in [-0.1, -0.05) is 6.42 Å². The number of fused-ring (bicyclic) bond motifs is 7. The lowest BCUT2D eigenvalue weighted by Crippen LogP contribution is -2.33. The third kappa shape index (κ3) is 6.23. The molecule has 51 heavy (non-hydrogen) atoms. The van der Waals surface area contributed by atoms with Gasteiger partial charge in [0.25, 0.3) is 5.91 Å². The van der Waals surface area contributed by atoms with Crippen LogP contribution in [0.1, 0.15) is 68.1 Å². The Kier molecular flexibility index (Phi) is 8.87. The van der Waals surface area contributed by atoms with Gasteiger partial charge in [0.15, 0.2) is 10.6 Å². The number of nitrogens with one attached hydrogen (secondary N) is 2. The summed E-state index contributed by atoms with van der Waals surface area (Å²) in [6.07, 6.45) is 7.97. The smallest absolute Gasteiger partial charge is 0.340 e. The number of hydrogen-bond donors (Lipinski definition) is 2. The van der Waals surface area contributed by atoms with Crippen molar-refractivity contribution < 1.29 is 23.9 Å². The molecule has 0 aliphatic carbocycles. The standard InChI is InChI=1S/C40H37N5O5S/c1-6-37-43-32-18-12-25(21-35(32)51-37)42-36(46)10-8-7-9-19-41-38(47)24-11-15-28-31(20-24)40(50-39(28)48)29-16-13-26(44(2)3)22-33(29)49-34-23-27(45(4)5)14-17-30(34)40/h1,11-18,20-23H,7-10,19H2,2-5H3,(H,41,47)(H,42,46). The van der Waals surface area contributed by atoms with Crippen LogP contribution in [0.25, 0.3) is 10.2 Å². The molecule has 11 heteroatoms. The van der Waals surface area contributed by atoms with Crippen molar-refractivity contribution in [3.05, 3.63) is 106 Å². The van der Waals surface area contributed by atoms with E-state index in [1.807, 2.05) is 92.6 Å². The number of carbonyl (C=O) groups excluding carboxylic acids is 3. The van der Waals surface area contributed by atoms with Crippen LogP contribution in [0, 0.1) is 12.3 Å². The van der Waals surface area contributed by atoms with E-state index in [9.17, 15) is 14.4 Å². The van der Waals surface area contributed by atoms with Crippen molar-refractivity contribution in [2.45, 2.75) is 31.3 Å². The largest absolute Gasteiger partial charge is 0.456 e. The number of amides is 2. The minimum absolute atomic E-state index is 0.0731. The number of rotatable bonds is 10. The first kappa shape index (κ1) is 33.6. The minimum Gasteiger partial charge on any atom is -0.456 e. The normalized spacial score (nSPS) is 13.4. The maximum absolute atomic E-state index is 13.5. The third-order valence-corrected chi connectivity index (χ3v) is 10.2. The highest BCUT2D eigenvalue weighted by Crippen LogP contribution is 2.57. The number of terminal acetylenes is 1. The first-order valence-corrected chi connectivity index (χ1v) is 17.5. The number of unbranched alkanes of at least 4 members (excludes halogenated alkanes) is 2. The summed E-state index contributed by atoms with van der Waals surface area (Å²) < 4.78 is 13.7. The van der Waals surface area contributed by atoms with Gasteiger partial charge in [-0.15, -0.1) is 17.8 Å². The van der Waals surface area contributed by atoms with Gasteiger partial charge in [0.2, 0.25) is 5.91 Å². The van der Waals surface area contributed by atoms with Crippen LogP contribution in [0.4, 0.5) is 17.1 Å². The van der Waals surface area contributed by atoms with E-state index >= 15 is 0 Å². The monoisotopic (exact) mass is 699 g/mol. The second-order valence-corrected chi connectivity index (χ2v) is 14.1. The van der Waals surface area contributed by atoms with Gasteiger partial charge in [0, 0.05) is 92.6 Å². The fourth-order valence-corrected chi connectivity index (χ4v) is 7.39. The van der Waals surface area contributed by atoms with Crippen LogP contribution in [0.15, 0.2) is 72.8 Å². The number of hydrogen-bond acceptors (Lipinski definition) is 9. The Bertz CT molecular complexity index is 2190. The zero-order chi connectivity index (χ0) is 35.9. The predicted molar refractivity (Wildman–Crippen MR) is 200 cm³/mol. The average molecular weight is 700 g/mol. The predicted octanol–water partition coefficient (Wildman–Crippen LogP) is 6.91. The van der Waals surface area contributed by atoms with Crippen LogP contribution >= 0.6 is 11.3 Å². The molecule has 0 bridgehead atoms. The van der Waals surface area contributed by atoms with Crippen LogP contribution in [0.3, 0.4) is 0 Å². The molecule has 2 amide bonds. The topological polar surface area (TPSA) is 113 Å². The summed E-state index contributed by atoms with van der Waals surface area (Å²) in [5.74, 6) is 2.91. The van der Waals surface area contributed by atoms with Crippen molar-refractivity contribution in [2.75, 3.05) is 49.9 Å². The zero-order valence-electron chi connectivity index (χ0n) is 28.8. The van der Waals surface area contributed by atoms with E-state index < -0.39 is 11.6 Å². The van der Waals surface area contributed by atoms with Crippen molar-refractivity contribution in [3.63, 3.8) is 0 Å². The molecule has 10 nitrogen and oxygen atoms in total. The van der Waals surface area contributed by atoms with Gasteiger partial charge in [-0.2, -0.15) is 0 Å². The van der Waals surface area contributed by atoms with Gasteiger partial charge in [-0.25, -0.2) is 9.78 Å². The van der Waals surface area contributed by atoms with Gasteiger partial charge >= 0.3 is 5.97 Å². The molecule has 0 saturated heterocycles. The van der Waals surface area contributed by atoms with E-state index in [1.165, 1.54) is 11.3 Å². The highest BCUT2D eigenvalue weighted by Gasteiger charge is 2.54. The summed E-state index contributed by atoms with van der Waals surface area (Å²) in [6.45, 7) is 0.442. The molecule has 0 saturated carbocycles. The first-order chi connectivity index (χ1) is 24.6. The Labute approximate surface area is 300 Å². The molecule has 0 fully saturated rings. The van der Waals surface area contributed by atoms with Gasteiger partial charge < -0.3 is 29.9 Å². The molecule has 4 aromatic carbocycles. The molecule has 7 rings (SSSR count). The van der Waals surface area contributed by atoms with Gasteiger partial charge in [-0.3, -0.25) is 9.59 Å². The van der Waals surface area contributed by atoms with Crippen LogP contribution in [0.5, 0.6) is 11.5 Å². The summed E-state index contributed by atoms with van der Waals surface area (Å²) in [5, 5.41) is 6.55. The van der Waals surface area contributed by atoms with Gasteiger partial charge in [-0.05, 0) is 79.4 Å². The lowest BCUT2D eigenvalue weighted by Gasteiger charge is -2.37. The van der Waals surface area contributed by atoms with Crippen LogP contribution < -0.4 is 25.2 Å². The number of anilines is 3. The maximum Gasteiger partial charge on any atom is 0.340 e. The Balaban J connectivity index is 1.03. The number of aromatic nitrogens is 1. The molecule has 2 aliphatic heterocycles. The van der Waals surface area contributed by atoms with Crippen molar-refractivity contribution in [3.8, 4) is 23.8 Å². The SMILES string of the molecule is C#Cc1nc2ccc(NC(=O)CCCCCNC(=O)c3ccc4c(c3)C3(OC4=O)c4ccc(N(C)C)cc4Oc4cc(N(C)C)ccc43)cc2s1. The minimum atomic E-state index is -1.29. The lowest BCUT2D eigenvalue weighted by atomic mass is 9.77. The number of thiazole rings is 1. The van der Waals surface area contributed by atoms with Crippen molar-refractivity contribution >= 4 is 56.4 Å². The summed E-state index contributed by atoms with van der Waals surface area (Å²) in [7, 11) is 7.81. The molecule has 2 N–H and O–H groups in total. The second-order valence-electron chi connectivity index (χ2n) is 13.0. The summed E-state index contributed by atoms with van der Waals surface area (Å²) in [5.41, 5.74) is 4.89. The molecular formula is C40H37N5O5S. The molecule has 1 spiro atoms. The molecule has 3 heterocycles. The molecule has 5 aromatic rings. The Morgan fingerprint density at radius 1 is 0.863 bits per heavy atom. The van der Waals surface area contributed by atoms with Crippen LogP contribution in [0.2, 0.25) is 0 Å². The molecule has 2 aliphatic rings.